The fourth-order valence-corrected chi connectivity index (χ4v) is 3.49. The van der Waals surface area contributed by atoms with Crippen molar-refractivity contribution in [2.75, 3.05) is 35.4 Å². The monoisotopic (exact) mass is 520 g/mol. The van der Waals surface area contributed by atoms with Gasteiger partial charge < -0.3 is 24.4 Å². The molecule has 2 rings (SSSR count). The molecule has 0 aliphatic carbocycles. The van der Waals surface area contributed by atoms with Crippen LogP contribution in [0.15, 0.2) is 28.6 Å². The van der Waals surface area contributed by atoms with E-state index in [4.69, 9.17) is 14.2 Å². The largest absolute Gasteiger partial charge is 0.493 e. The van der Waals surface area contributed by atoms with Gasteiger partial charge in [0.05, 0.1) is 26.5 Å². The molecule has 0 spiro atoms. The molecule has 0 fully saturated rings. The second kappa shape index (κ2) is 12.1. The van der Waals surface area contributed by atoms with Crippen LogP contribution in [-0.4, -0.2) is 51.3 Å². The smallest absolute Gasteiger partial charge is 0.194 e. The second-order valence-electron chi connectivity index (χ2n) is 5.96. The van der Waals surface area contributed by atoms with Gasteiger partial charge in [0.25, 0.3) is 0 Å². The van der Waals surface area contributed by atoms with Gasteiger partial charge in [0.2, 0.25) is 0 Å². The molecular formula is C19H29IN4O3S. The molecule has 2 aromatic rings. The van der Waals surface area contributed by atoms with Crippen LogP contribution in [0.25, 0.3) is 0 Å². The third kappa shape index (κ3) is 6.21. The molecular weight excluding hydrogens is 491 g/mol. The van der Waals surface area contributed by atoms with Crippen LogP contribution < -0.4 is 14.8 Å². The van der Waals surface area contributed by atoms with Crippen molar-refractivity contribution >= 4 is 41.3 Å². The molecule has 0 aliphatic rings. The fraction of sp³-hybridized carbons (Fsp3) is 0.474. The molecule has 28 heavy (non-hydrogen) atoms. The molecule has 1 aromatic carbocycles. The molecule has 1 unspecified atom stereocenters. The zero-order valence-corrected chi connectivity index (χ0v) is 20.3. The van der Waals surface area contributed by atoms with Gasteiger partial charge in [-0.2, -0.15) is 0 Å². The van der Waals surface area contributed by atoms with Gasteiger partial charge in [-0.25, -0.2) is 4.98 Å². The first-order valence-electron chi connectivity index (χ1n) is 8.62. The van der Waals surface area contributed by atoms with Gasteiger partial charge in [-0.05, 0) is 13.0 Å². The van der Waals surface area contributed by atoms with Gasteiger partial charge >= 0.3 is 0 Å². The lowest BCUT2D eigenvalue weighted by Crippen LogP contribution is -2.38. The Morgan fingerprint density at radius 1 is 1.29 bits per heavy atom. The standard InChI is InChI=1S/C19H28N4O3S.HI/c1-13(24-4)18-22-15(12-27-18)11-23(3)19(20-2)21-10-14-8-7-9-16(25-5)17(14)26-6;/h7-9,12-13H,10-11H2,1-6H3,(H,20,21);1H. The number of hydrogen-bond donors (Lipinski definition) is 1. The first-order valence-corrected chi connectivity index (χ1v) is 9.50. The summed E-state index contributed by atoms with van der Waals surface area (Å²) in [5.41, 5.74) is 1.99. The molecule has 0 aliphatic heterocycles. The average molecular weight is 520 g/mol. The average Bonchev–Trinajstić information content (AvgIpc) is 3.15. The van der Waals surface area contributed by atoms with Crippen LogP contribution in [0.2, 0.25) is 0 Å². The van der Waals surface area contributed by atoms with Crippen molar-refractivity contribution in [3.8, 4) is 11.5 Å². The van der Waals surface area contributed by atoms with E-state index in [-0.39, 0.29) is 30.1 Å². The van der Waals surface area contributed by atoms with Crippen LogP contribution in [-0.2, 0) is 17.8 Å². The summed E-state index contributed by atoms with van der Waals surface area (Å²) in [6.45, 7) is 3.22. The van der Waals surface area contributed by atoms with Crippen LogP contribution in [0.3, 0.4) is 0 Å². The van der Waals surface area contributed by atoms with E-state index >= 15 is 0 Å². The number of para-hydroxylation sites is 1. The van der Waals surface area contributed by atoms with E-state index in [9.17, 15) is 0 Å². The van der Waals surface area contributed by atoms with Gasteiger partial charge in [-0.1, -0.05) is 12.1 Å². The highest BCUT2D eigenvalue weighted by Crippen LogP contribution is 2.30. The van der Waals surface area contributed by atoms with Crippen molar-refractivity contribution in [1.82, 2.24) is 15.2 Å². The molecule has 0 saturated heterocycles. The summed E-state index contributed by atoms with van der Waals surface area (Å²) in [7, 11) is 8.71. The number of hydrogen-bond acceptors (Lipinski definition) is 6. The lowest BCUT2D eigenvalue weighted by molar-refractivity contribution is 0.119. The number of aliphatic imine (C=N–C) groups is 1. The van der Waals surface area contributed by atoms with Gasteiger partial charge in [0, 0.05) is 38.7 Å². The zero-order chi connectivity index (χ0) is 19.8. The van der Waals surface area contributed by atoms with Crippen molar-refractivity contribution in [3.63, 3.8) is 0 Å². The Kier molecular flexibility index (Phi) is 10.5. The van der Waals surface area contributed by atoms with Crippen LogP contribution in [0.4, 0.5) is 0 Å². The maximum atomic E-state index is 5.49. The Labute approximate surface area is 188 Å². The maximum absolute atomic E-state index is 5.49. The van der Waals surface area contributed by atoms with Crippen LogP contribution in [0, 0.1) is 0 Å². The Hall–Kier alpha value is -1.59. The lowest BCUT2D eigenvalue weighted by Gasteiger charge is -2.22. The minimum Gasteiger partial charge on any atom is -0.493 e. The predicted octanol–water partition coefficient (Wildman–Crippen LogP) is 3.69. The van der Waals surface area contributed by atoms with Crippen LogP contribution >= 0.6 is 35.3 Å². The maximum Gasteiger partial charge on any atom is 0.194 e. The minimum absolute atomic E-state index is 0. The highest BCUT2D eigenvalue weighted by atomic mass is 127. The summed E-state index contributed by atoms with van der Waals surface area (Å²) in [6, 6.07) is 5.82. The third-order valence-corrected chi connectivity index (χ3v) is 5.22. The Morgan fingerprint density at radius 3 is 2.64 bits per heavy atom. The molecule has 1 N–H and O–H groups in total. The van der Waals surface area contributed by atoms with Crippen molar-refractivity contribution in [2.24, 2.45) is 4.99 Å². The number of halogens is 1. The third-order valence-electron chi connectivity index (χ3n) is 4.16. The van der Waals surface area contributed by atoms with E-state index in [1.807, 2.05) is 37.1 Å². The van der Waals surface area contributed by atoms with Gasteiger partial charge in [0.15, 0.2) is 17.5 Å². The summed E-state index contributed by atoms with van der Waals surface area (Å²) >= 11 is 1.61. The lowest BCUT2D eigenvalue weighted by atomic mass is 10.2. The molecule has 0 bridgehead atoms. The summed E-state index contributed by atoms with van der Waals surface area (Å²) in [4.78, 5) is 11.0. The first-order chi connectivity index (χ1) is 13.0. The van der Waals surface area contributed by atoms with E-state index in [1.165, 1.54) is 0 Å². The van der Waals surface area contributed by atoms with Crippen LogP contribution in [0.5, 0.6) is 11.5 Å². The number of aromatic nitrogens is 1. The van der Waals surface area contributed by atoms with E-state index in [0.29, 0.717) is 18.8 Å². The molecule has 1 aromatic heterocycles. The summed E-state index contributed by atoms with van der Waals surface area (Å²) in [5.74, 6) is 2.21. The molecule has 0 radical (unpaired) electrons. The molecule has 0 saturated carbocycles. The fourth-order valence-electron chi connectivity index (χ4n) is 2.65. The van der Waals surface area contributed by atoms with E-state index in [2.05, 4.69) is 20.7 Å². The van der Waals surface area contributed by atoms with E-state index < -0.39 is 0 Å². The SMILES string of the molecule is CN=C(NCc1cccc(OC)c1OC)N(C)Cc1csc(C(C)OC)n1.I. The number of methoxy groups -OCH3 is 3. The molecule has 7 nitrogen and oxygen atoms in total. The molecule has 1 heterocycles. The molecule has 0 amide bonds. The van der Waals surface area contributed by atoms with Crippen molar-refractivity contribution < 1.29 is 14.2 Å². The zero-order valence-electron chi connectivity index (χ0n) is 17.2. The van der Waals surface area contributed by atoms with Crippen molar-refractivity contribution in [1.29, 1.82) is 0 Å². The summed E-state index contributed by atoms with van der Waals surface area (Å²) < 4.78 is 16.2. The molecule has 1 atom stereocenters. The van der Waals surface area contributed by atoms with Crippen molar-refractivity contribution in [3.05, 3.63) is 39.8 Å². The number of benzene rings is 1. The number of thiazole rings is 1. The van der Waals surface area contributed by atoms with Gasteiger partial charge in [-0.3, -0.25) is 4.99 Å². The number of ether oxygens (including phenoxy) is 3. The Bertz CT molecular complexity index is 769. The molecule has 9 heteroatoms. The van der Waals surface area contributed by atoms with E-state index in [0.717, 1.165) is 28.0 Å². The number of rotatable bonds is 8. The van der Waals surface area contributed by atoms with E-state index in [1.54, 1.807) is 39.7 Å². The van der Waals surface area contributed by atoms with Gasteiger partial charge in [0.1, 0.15) is 11.1 Å². The Balaban J connectivity index is 0.00000392. The van der Waals surface area contributed by atoms with Crippen molar-refractivity contribution in [2.45, 2.75) is 26.1 Å². The van der Waals surface area contributed by atoms with Gasteiger partial charge in [-0.15, -0.1) is 35.3 Å². The highest BCUT2D eigenvalue weighted by molar-refractivity contribution is 14.0. The minimum atomic E-state index is 0. The highest BCUT2D eigenvalue weighted by Gasteiger charge is 2.14. The predicted molar refractivity (Wildman–Crippen MR) is 124 cm³/mol. The second-order valence-corrected chi connectivity index (χ2v) is 6.85. The topological polar surface area (TPSA) is 68.2 Å². The van der Waals surface area contributed by atoms with Crippen LogP contribution in [0.1, 0.15) is 29.3 Å². The normalized spacial score (nSPS) is 12.1. The summed E-state index contributed by atoms with van der Waals surface area (Å²) in [6.07, 6.45) is 0.00650. The first kappa shape index (κ1) is 24.4. The number of guanidine groups is 1. The summed E-state index contributed by atoms with van der Waals surface area (Å²) in [5, 5.41) is 6.40. The molecule has 156 valence electrons. The quantitative estimate of drug-likeness (QED) is 0.326. The number of nitrogens with zero attached hydrogens (tertiary/aromatic N) is 3. The number of nitrogens with one attached hydrogen (secondary N) is 1. The Morgan fingerprint density at radius 2 is 2.04 bits per heavy atom.